The summed E-state index contributed by atoms with van der Waals surface area (Å²) in [5, 5.41) is 22.5. The summed E-state index contributed by atoms with van der Waals surface area (Å²) >= 11 is 0. The van der Waals surface area contributed by atoms with E-state index in [0.29, 0.717) is 12.8 Å². The number of esters is 1. The molecule has 9 heteroatoms. The van der Waals surface area contributed by atoms with Crippen molar-refractivity contribution < 1.29 is 34.1 Å². The quantitative estimate of drug-likeness (QED) is 0.0284. The second kappa shape index (κ2) is 38.3. The van der Waals surface area contributed by atoms with E-state index < -0.39 is 24.5 Å². The lowest BCUT2D eigenvalue weighted by Gasteiger charge is -2.18. The number of allylic oxidation sites excluding steroid dienone is 10. The first-order valence-corrected chi connectivity index (χ1v) is 20.7. The zero-order valence-electron chi connectivity index (χ0n) is 33.2. The van der Waals surface area contributed by atoms with E-state index in [1.807, 2.05) is 0 Å². The Kier molecular flexibility index (Phi) is 35.8. The van der Waals surface area contributed by atoms with Gasteiger partial charge >= 0.3 is 11.9 Å². The van der Waals surface area contributed by atoms with Gasteiger partial charge in [-0.05, 0) is 83.5 Å². The smallest absolute Gasteiger partial charge is 0.328 e. The van der Waals surface area contributed by atoms with Gasteiger partial charge in [-0.15, -0.1) is 0 Å². The van der Waals surface area contributed by atoms with Gasteiger partial charge in [-0.3, -0.25) is 14.4 Å². The molecule has 0 bridgehead atoms. The maximum absolute atomic E-state index is 12.7. The fraction of sp³-hybridized carbons (Fsp3) is 0.682. The number of aliphatic hydroxyl groups excluding tert-OH is 1. The van der Waals surface area contributed by atoms with E-state index in [2.05, 4.69) is 85.2 Å². The highest BCUT2D eigenvalue weighted by Gasteiger charge is 2.19. The fourth-order valence-corrected chi connectivity index (χ4v) is 5.62. The molecule has 0 aliphatic rings. The van der Waals surface area contributed by atoms with Crippen molar-refractivity contribution in [2.75, 3.05) is 13.2 Å². The SMILES string of the molecule is CC/C=C\C/C=C\C/C=C\C/C=C\C/C=C\CCCCCCCC(=O)OC(CCCCCCC)CCCCCCC(=O)NCC(=O)NC(CO)C(=O)O. The maximum Gasteiger partial charge on any atom is 0.328 e. The van der Waals surface area contributed by atoms with E-state index in [-0.39, 0.29) is 30.9 Å². The molecule has 4 N–H and O–H groups in total. The number of carbonyl (C=O) groups is 4. The number of hydrogen-bond donors (Lipinski definition) is 4. The number of ether oxygens (including phenoxy) is 1. The third kappa shape index (κ3) is 35.3. The number of carboxylic acids is 1. The number of carbonyl (C=O) groups excluding carboxylic acids is 3. The predicted octanol–water partition coefficient (Wildman–Crippen LogP) is 9.76. The second-order valence-corrected chi connectivity index (χ2v) is 13.7. The predicted molar refractivity (Wildman–Crippen MR) is 217 cm³/mol. The van der Waals surface area contributed by atoms with Gasteiger partial charge < -0.3 is 25.6 Å². The Morgan fingerprint density at radius 2 is 1.08 bits per heavy atom. The van der Waals surface area contributed by atoms with Gasteiger partial charge in [0.15, 0.2) is 0 Å². The first-order valence-electron chi connectivity index (χ1n) is 20.7. The highest BCUT2D eigenvalue weighted by molar-refractivity contribution is 5.87. The number of unbranched alkanes of at least 4 members (excludes halogenated alkanes) is 12. The van der Waals surface area contributed by atoms with Crippen molar-refractivity contribution in [3.63, 3.8) is 0 Å². The van der Waals surface area contributed by atoms with Crippen LogP contribution in [0.25, 0.3) is 0 Å². The van der Waals surface area contributed by atoms with Crippen molar-refractivity contribution in [2.45, 2.75) is 180 Å². The van der Waals surface area contributed by atoms with Crippen LogP contribution in [0, 0.1) is 0 Å². The minimum Gasteiger partial charge on any atom is -0.480 e. The normalized spacial score (nSPS) is 13.1. The summed E-state index contributed by atoms with van der Waals surface area (Å²) in [6.45, 7) is 3.30. The fourth-order valence-electron chi connectivity index (χ4n) is 5.62. The molecule has 0 aromatic carbocycles. The van der Waals surface area contributed by atoms with Crippen LogP contribution >= 0.6 is 0 Å². The summed E-state index contributed by atoms with van der Waals surface area (Å²) in [4.78, 5) is 47.4. The largest absolute Gasteiger partial charge is 0.480 e. The van der Waals surface area contributed by atoms with Crippen molar-refractivity contribution in [2.24, 2.45) is 0 Å². The minimum absolute atomic E-state index is 0.0528. The lowest BCUT2D eigenvalue weighted by molar-refractivity contribution is -0.150. The van der Waals surface area contributed by atoms with E-state index >= 15 is 0 Å². The number of nitrogens with one attached hydrogen (secondary N) is 2. The zero-order chi connectivity index (χ0) is 39.0. The van der Waals surface area contributed by atoms with Crippen molar-refractivity contribution >= 4 is 23.8 Å². The molecule has 0 aromatic rings. The van der Waals surface area contributed by atoms with Crippen LogP contribution in [0.3, 0.4) is 0 Å². The van der Waals surface area contributed by atoms with Gasteiger partial charge in [-0.1, -0.05) is 132 Å². The summed E-state index contributed by atoms with van der Waals surface area (Å²) in [7, 11) is 0. The molecule has 0 fully saturated rings. The van der Waals surface area contributed by atoms with Gasteiger partial charge in [0.2, 0.25) is 11.8 Å². The van der Waals surface area contributed by atoms with Crippen LogP contribution in [0.5, 0.6) is 0 Å². The molecule has 0 aliphatic heterocycles. The van der Waals surface area contributed by atoms with E-state index in [4.69, 9.17) is 14.9 Å². The lowest BCUT2D eigenvalue weighted by atomic mass is 10.0. The first kappa shape index (κ1) is 49.5. The van der Waals surface area contributed by atoms with Gasteiger partial charge in [-0.25, -0.2) is 4.79 Å². The van der Waals surface area contributed by atoms with Crippen LogP contribution in [0.15, 0.2) is 60.8 Å². The highest BCUT2D eigenvalue weighted by Crippen LogP contribution is 2.18. The zero-order valence-corrected chi connectivity index (χ0v) is 33.2. The summed E-state index contributed by atoms with van der Waals surface area (Å²) in [6.07, 6.45) is 45.5. The molecule has 0 saturated heterocycles. The molecule has 0 aliphatic carbocycles. The van der Waals surface area contributed by atoms with Crippen LogP contribution < -0.4 is 10.6 Å². The Morgan fingerprint density at radius 1 is 0.585 bits per heavy atom. The van der Waals surface area contributed by atoms with Crippen molar-refractivity contribution in [3.8, 4) is 0 Å². The molecule has 0 saturated carbocycles. The Bertz CT molecular complexity index is 1080. The third-order valence-corrected chi connectivity index (χ3v) is 8.78. The Morgan fingerprint density at radius 3 is 1.62 bits per heavy atom. The first-order chi connectivity index (χ1) is 25.8. The van der Waals surface area contributed by atoms with Gasteiger partial charge in [0.25, 0.3) is 0 Å². The Hall–Kier alpha value is -3.46. The van der Waals surface area contributed by atoms with E-state index in [1.54, 1.807) is 0 Å². The molecule has 53 heavy (non-hydrogen) atoms. The van der Waals surface area contributed by atoms with Crippen molar-refractivity contribution in [3.05, 3.63) is 60.8 Å². The minimum atomic E-state index is -1.39. The van der Waals surface area contributed by atoms with Gasteiger partial charge in [0.05, 0.1) is 13.2 Å². The number of hydrogen-bond acceptors (Lipinski definition) is 6. The van der Waals surface area contributed by atoms with Crippen molar-refractivity contribution in [1.82, 2.24) is 10.6 Å². The standard InChI is InChI=1S/C44H74N2O7/c1-3-5-7-9-10-11-12-13-14-15-16-17-18-19-20-21-22-23-24-26-32-36-43(50)53-39(33-29-25-8-6-4-2)34-30-27-28-31-35-41(48)45-37-42(49)46-40(38-47)44(51)52/h5,7,10-11,13-14,16-17,19-20,39-40,47H,3-4,6,8-9,12,15,18,21-38H2,1-2H3,(H,45,48)(H,46,49)(H,51,52)/b7-5-,11-10-,14-13-,17-16-,20-19-. The number of rotatable bonds is 36. The summed E-state index contributed by atoms with van der Waals surface area (Å²) in [5.74, 6) is -2.37. The molecule has 0 aromatic heterocycles. The number of amides is 2. The van der Waals surface area contributed by atoms with Gasteiger partial charge in [0.1, 0.15) is 12.1 Å². The van der Waals surface area contributed by atoms with Crippen molar-refractivity contribution in [1.29, 1.82) is 0 Å². The maximum atomic E-state index is 12.7. The van der Waals surface area contributed by atoms with Gasteiger partial charge in [0, 0.05) is 12.8 Å². The molecule has 2 amide bonds. The average molecular weight is 743 g/mol. The molecule has 0 radical (unpaired) electrons. The number of carboxylic acid groups (broad SMARTS) is 1. The van der Waals surface area contributed by atoms with Crippen LogP contribution in [0.4, 0.5) is 0 Å². The lowest BCUT2D eigenvalue weighted by Crippen LogP contribution is -2.47. The van der Waals surface area contributed by atoms with Crippen LogP contribution in [0.1, 0.15) is 168 Å². The van der Waals surface area contributed by atoms with Crippen LogP contribution in [-0.4, -0.2) is 59.3 Å². The molecule has 0 spiro atoms. The molecule has 0 rings (SSSR count). The molecule has 302 valence electrons. The molecule has 0 heterocycles. The summed E-state index contributed by atoms with van der Waals surface area (Å²) in [5.41, 5.74) is 0. The molecule has 2 atom stereocenters. The third-order valence-electron chi connectivity index (χ3n) is 8.78. The van der Waals surface area contributed by atoms with Crippen LogP contribution in [0.2, 0.25) is 0 Å². The topological polar surface area (TPSA) is 142 Å². The Balaban J connectivity index is 4.10. The molecule has 9 nitrogen and oxygen atoms in total. The monoisotopic (exact) mass is 743 g/mol. The number of aliphatic hydroxyl groups is 1. The van der Waals surface area contributed by atoms with E-state index in [9.17, 15) is 19.2 Å². The van der Waals surface area contributed by atoms with Gasteiger partial charge in [-0.2, -0.15) is 0 Å². The molecular weight excluding hydrogens is 668 g/mol. The summed E-state index contributed by atoms with van der Waals surface area (Å²) < 4.78 is 5.93. The summed E-state index contributed by atoms with van der Waals surface area (Å²) in [6, 6.07) is -1.39. The number of aliphatic carboxylic acids is 1. The highest BCUT2D eigenvalue weighted by atomic mass is 16.5. The molecule has 2 unspecified atom stereocenters. The van der Waals surface area contributed by atoms with E-state index in [0.717, 1.165) is 103 Å². The average Bonchev–Trinajstić information content (AvgIpc) is 3.14. The van der Waals surface area contributed by atoms with Crippen LogP contribution in [-0.2, 0) is 23.9 Å². The van der Waals surface area contributed by atoms with E-state index in [1.165, 1.54) is 32.1 Å². The molecular formula is C44H74N2O7. The Labute approximate surface area is 321 Å². The second-order valence-electron chi connectivity index (χ2n) is 13.7.